The van der Waals surface area contributed by atoms with Crippen LogP contribution in [0.2, 0.25) is 0 Å². The fourth-order valence-electron chi connectivity index (χ4n) is 2.16. The Labute approximate surface area is 128 Å². The molecule has 1 N–H and O–H groups in total. The van der Waals surface area contributed by atoms with Gasteiger partial charge in [0.05, 0.1) is 5.69 Å². The van der Waals surface area contributed by atoms with Gasteiger partial charge >= 0.3 is 0 Å². The maximum absolute atomic E-state index is 12.3. The molecular formula is C18H14N2O2. The molecule has 1 saturated heterocycles. The molecule has 0 bridgehead atoms. The Balaban J connectivity index is 1.80. The van der Waals surface area contributed by atoms with Crippen LogP contribution >= 0.6 is 0 Å². The van der Waals surface area contributed by atoms with Gasteiger partial charge in [0, 0.05) is 0 Å². The van der Waals surface area contributed by atoms with Gasteiger partial charge in [0.25, 0.3) is 11.8 Å². The number of carbonyl (C=O) groups excluding carboxylic acids is 2. The lowest BCUT2D eigenvalue weighted by Gasteiger charge is -2.13. The lowest BCUT2D eigenvalue weighted by atomic mass is 10.2. The highest BCUT2D eigenvalue weighted by Gasteiger charge is 2.33. The van der Waals surface area contributed by atoms with Crippen molar-refractivity contribution in [1.29, 1.82) is 0 Å². The molecule has 22 heavy (non-hydrogen) atoms. The molecule has 0 atom stereocenters. The Morgan fingerprint density at radius 3 is 2.18 bits per heavy atom. The highest BCUT2D eigenvalue weighted by molar-refractivity contribution is 6.29. The van der Waals surface area contributed by atoms with E-state index in [0.29, 0.717) is 5.69 Å². The lowest BCUT2D eigenvalue weighted by molar-refractivity contribution is -0.117. The molecule has 4 nitrogen and oxygen atoms in total. The zero-order valence-corrected chi connectivity index (χ0v) is 11.8. The van der Waals surface area contributed by atoms with E-state index in [1.807, 2.05) is 54.6 Å². The molecule has 0 saturated carbocycles. The maximum Gasteiger partial charge on any atom is 0.282 e. The molecule has 0 unspecified atom stereocenters. The Bertz CT molecular complexity index is 749. The molecule has 2 aromatic rings. The summed E-state index contributed by atoms with van der Waals surface area (Å²) < 4.78 is 0. The third kappa shape index (κ3) is 2.81. The molecule has 4 heteroatoms. The summed E-state index contributed by atoms with van der Waals surface area (Å²) >= 11 is 0. The van der Waals surface area contributed by atoms with Gasteiger partial charge in [0.2, 0.25) is 0 Å². The first-order valence-electron chi connectivity index (χ1n) is 6.89. The van der Waals surface area contributed by atoms with Crippen molar-refractivity contribution in [2.24, 2.45) is 0 Å². The number of hydrogen-bond donors (Lipinski definition) is 1. The van der Waals surface area contributed by atoms with E-state index in [0.717, 1.165) is 5.56 Å². The molecule has 0 aliphatic carbocycles. The minimum Gasteiger partial charge on any atom is -0.267 e. The van der Waals surface area contributed by atoms with Crippen LogP contribution in [-0.2, 0) is 9.59 Å². The van der Waals surface area contributed by atoms with Crippen LogP contribution in [0.3, 0.4) is 0 Å². The number of allylic oxidation sites excluding steroid dienone is 2. The molecule has 0 aromatic heterocycles. The van der Waals surface area contributed by atoms with E-state index in [4.69, 9.17) is 0 Å². The molecule has 108 valence electrons. The number of nitrogens with one attached hydrogen (secondary N) is 1. The zero-order valence-electron chi connectivity index (χ0n) is 11.8. The van der Waals surface area contributed by atoms with Gasteiger partial charge in [-0.05, 0) is 23.8 Å². The van der Waals surface area contributed by atoms with Gasteiger partial charge in [-0.15, -0.1) is 0 Å². The number of hydrazine groups is 1. The Hall–Kier alpha value is -3.14. The average Bonchev–Trinajstić information content (AvgIpc) is 2.85. The first-order chi connectivity index (χ1) is 10.8. The van der Waals surface area contributed by atoms with Crippen LogP contribution < -0.4 is 10.4 Å². The van der Waals surface area contributed by atoms with Crippen molar-refractivity contribution < 1.29 is 9.59 Å². The van der Waals surface area contributed by atoms with Crippen molar-refractivity contribution in [3.63, 3.8) is 0 Å². The van der Waals surface area contributed by atoms with Crippen LogP contribution in [0.4, 0.5) is 5.69 Å². The van der Waals surface area contributed by atoms with Crippen molar-refractivity contribution >= 4 is 23.6 Å². The lowest BCUT2D eigenvalue weighted by Crippen LogP contribution is -2.35. The molecule has 0 spiro atoms. The highest BCUT2D eigenvalue weighted by atomic mass is 16.2. The Morgan fingerprint density at radius 1 is 0.864 bits per heavy atom. The summed E-state index contributed by atoms with van der Waals surface area (Å²) in [5, 5.41) is 1.25. The van der Waals surface area contributed by atoms with Crippen LogP contribution in [0.1, 0.15) is 5.56 Å². The molecule has 1 heterocycles. The van der Waals surface area contributed by atoms with Crippen molar-refractivity contribution in [2.75, 3.05) is 5.01 Å². The van der Waals surface area contributed by atoms with Crippen LogP contribution in [-0.4, -0.2) is 11.8 Å². The van der Waals surface area contributed by atoms with Crippen molar-refractivity contribution in [3.05, 3.63) is 84.0 Å². The molecule has 3 rings (SSSR count). The van der Waals surface area contributed by atoms with Gasteiger partial charge in [-0.2, -0.15) is 0 Å². The Morgan fingerprint density at radius 2 is 1.50 bits per heavy atom. The molecule has 1 aliphatic rings. The van der Waals surface area contributed by atoms with Gasteiger partial charge in [0.1, 0.15) is 5.57 Å². The number of carbonyl (C=O) groups is 2. The van der Waals surface area contributed by atoms with E-state index in [1.165, 1.54) is 11.1 Å². The minimum absolute atomic E-state index is 0.121. The summed E-state index contributed by atoms with van der Waals surface area (Å²) in [5.74, 6) is -0.750. The number of rotatable bonds is 3. The molecule has 1 aliphatic heterocycles. The SMILES string of the molecule is O=C1NN(c2ccccc2)C(=O)/C1=C/C=C\c1ccccc1. The normalized spacial score (nSPS) is 16.5. The minimum atomic E-state index is -0.397. The molecule has 2 amide bonds. The first-order valence-corrected chi connectivity index (χ1v) is 6.89. The number of hydrogen-bond acceptors (Lipinski definition) is 2. The van der Waals surface area contributed by atoms with Gasteiger partial charge in [-0.3, -0.25) is 15.0 Å². The van der Waals surface area contributed by atoms with Crippen LogP contribution in [0, 0.1) is 0 Å². The predicted octanol–water partition coefficient (Wildman–Crippen LogP) is 2.70. The third-order valence-corrected chi connectivity index (χ3v) is 3.26. The molecule has 1 fully saturated rings. The smallest absolute Gasteiger partial charge is 0.267 e. The second-order valence-electron chi connectivity index (χ2n) is 4.77. The standard InChI is InChI=1S/C18H14N2O2/c21-17-16(13-7-10-14-8-3-1-4-9-14)18(22)20(19-17)15-11-5-2-6-12-15/h1-13H,(H,19,21)/b10-7-,16-13+. The predicted molar refractivity (Wildman–Crippen MR) is 85.6 cm³/mol. The van der Waals surface area contributed by atoms with Gasteiger partial charge in [-0.1, -0.05) is 60.7 Å². The summed E-state index contributed by atoms with van der Waals surface area (Å²) in [5.41, 5.74) is 4.32. The van der Waals surface area contributed by atoms with E-state index < -0.39 is 5.91 Å². The van der Waals surface area contributed by atoms with E-state index in [1.54, 1.807) is 18.2 Å². The second kappa shape index (κ2) is 6.10. The van der Waals surface area contributed by atoms with E-state index in [9.17, 15) is 9.59 Å². The first kappa shape index (κ1) is 13.8. The van der Waals surface area contributed by atoms with Crippen molar-refractivity contribution in [2.45, 2.75) is 0 Å². The van der Waals surface area contributed by atoms with E-state index >= 15 is 0 Å². The largest absolute Gasteiger partial charge is 0.282 e. The second-order valence-corrected chi connectivity index (χ2v) is 4.77. The highest BCUT2D eigenvalue weighted by Crippen LogP contribution is 2.19. The van der Waals surface area contributed by atoms with Crippen LogP contribution in [0.15, 0.2) is 78.4 Å². The quantitative estimate of drug-likeness (QED) is 0.698. The summed E-state index contributed by atoms with van der Waals surface area (Å²) in [6.07, 6.45) is 5.09. The summed E-state index contributed by atoms with van der Waals surface area (Å²) in [6.45, 7) is 0. The van der Waals surface area contributed by atoms with E-state index in [-0.39, 0.29) is 11.5 Å². The summed E-state index contributed by atoms with van der Waals surface area (Å²) in [7, 11) is 0. The molecule has 2 aromatic carbocycles. The van der Waals surface area contributed by atoms with Gasteiger partial charge in [0.15, 0.2) is 0 Å². The number of anilines is 1. The number of nitrogens with zero attached hydrogens (tertiary/aromatic N) is 1. The fourth-order valence-corrected chi connectivity index (χ4v) is 2.16. The van der Waals surface area contributed by atoms with Crippen molar-refractivity contribution in [1.82, 2.24) is 5.43 Å². The number of para-hydroxylation sites is 1. The van der Waals surface area contributed by atoms with Gasteiger partial charge in [-0.25, -0.2) is 5.01 Å². The topological polar surface area (TPSA) is 49.4 Å². The monoisotopic (exact) mass is 290 g/mol. The fraction of sp³-hybridized carbons (Fsp3) is 0. The van der Waals surface area contributed by atoms with Crippen LogP contribution in [0.5, 0.6) is 0 Å². The summed E-state index contributed by atoms with van der Waals surface area (Å²) in [6, 6.07) is 18.7. The Kier molecular flexibility index (Phi) is 3.83. The number of benzene rings is 2. The third-order valence-electron chi connectivity index (χ3n) is 3.26. The number of amides is 2. The summed E-state index contributed by atoms with van der Waals surface area (Å²) in [4.78, 5) is 24.2. The van der Waals surface area contributed by atoms with E-state index in [2.05, 4.69) is 5.43 Å². The van der Waals surface area contributed by atoms with Crippen molar-refractivity contribution in [3.8, 4) is 0 Å². The van der Waals surface area contributed by atoms with Gasteiger partial charge < -0.3 is 0 Å². The average molecular weight is 290 g/mol. The van der Waals surface area contributed by atoms with Crippen LogP contribution in [0.25, 0.3) is 6.08 Å². The zero-order chi connectivity index (χ0) is 15.4. The molecular weight excluding hydrogens is 276 g/mol. The molecule has 0 radical (unpaired) electrons. The maximum atomic E-state index is 12.3.